The van der Waals surface area contributed by atoms with Gasteiger partial charge in [-0.05, 0) is 52.9 Å². The average molecular weight is 371 g/mol. The summed E-state index contributed by atoms with van der Waals surface area (Å²) in [5, 5.41) is 4.72. The molecule has 21 heavy (non-hydrogen) atoms. The van der Waals surface area contributed by atoms with Crippen LogP contribution in [0.2, 0.25) is 5.02 Å². The molecule has 0 spiro atoms. The van der Waals surface area contributed by atoms with Crippen molar-refractivity contribution < 1.29 is 4.52 Å². The summed E-state index contributed by atoms with van der Waals surface area (Å²) >= 11 is 9.40. The maximum absolute atomic E-state index is 6.49. The van der Waals surface area contributed by atoms with Gasteiger partial charge in [0.05, 0.1) is 10.6 Å². The third-order valence-electron chi connectivity index (χ3n) is 4.06. The van der Waals surface area contributed by atoms with E-state index in [0.717, 1.165) is 29.3 Å². The first-order chi connectivity index (χ1) is 9.98. The zero-order valence-electron chi connectivity index (χ0n) is 11.8. The molecule has 1 heterocycles. The van der Waals surface area contributed by atoms with Gasteiger partial charge in [0.2, 0.25) is 11.7 Å². The first-order valence-corrected chi connectivity index (χ1v) is 8.23. The molecule has 6 heteroatoms. The summed E-state index contributed by atoms with van der Waals surface area (Å²) in [6, 6.07) is 5.55. The third kappa shape index (κ3) is 3.00. The Labute approximate surface area is 137 Å². The first-order valence-electron chi connectivity index (χ1n) is 7.06. The highest BCUT2D eigenvalue weighted by atomic mass is 79.9. The van der Waals surface area contributed by atoms with Gasteiger partial charge in [-0.2, -0.15) is 4.98 Å². The second kappa shape index (κ2) is 5.71. The number of benzene rings is 1. The van der Waals surface area contributed by atoms with Gasteiger partial charge in [-0.25, -0.2) is 0 Å². The van der Waals surface area contributed by atoms with Gasteiger partial charge >= 0.3 is 0 Å². The molecule has 0 aliphatic heterocycles. The lowest BCUT2D eigenvalue weighted by molar-refractivity contribution is 0.183. The normalized spacial score (nSPS) is 26.0. The van der Waals surface area contributed by atoms with Crippen LogP contribution in [0.4, 0.5) is 0 Å². The second-order valence-corrected chi connectivity index (χ2v) is 7.17. The van der Waals surface area contributed by atoms with Crippen molar-refractivity contribution in [2.75, 3.05) is 0 Å². The van der Waals surface area contributed by atoms with Gasteiger partial charge in [-0.1, -0.05) is 36.5 Å². The van der Waals surface area contributed by atoms with Crippen LogP contribution in [0.5, 0.6) is 0 Å². The molecule has 0 saturated heterocycles. The maximum Gasteiger partial charge on any atom is 0.247 e. The zero-order chi connectivity index (χ0) is 15.0. The summed E-state index contributed by atoms with van der Waals surface area (Å²) in [6.45, 7) is 2.22. The van der Waals surface area contributed by atoms with Crippen LogP contribution in [0.15, 0.2) is 27.2 Å². The van der Waals surface area contributed by atoms with Gasteiger partial charge in [0, 0.05) is 10.0 Å². The lowest BCUT2D eigenvalue weighted by Gasteiger charge is -2.33. The maximum atomic E-state index is 6.49. The van der Waals surface area contributed by atoms with Crippen LogP contribution in [-0.4, -0.2) is 10.1 Å². The van der Waals surface area contributed by atoms with Crippen LogP contribution >= 0.6 is 27.5 Å². The third-order valence-corrected chi connectivity index (χ3v) is 5.28. The second-order valence-electron chi connectivity index (χ2n) is 5.91. The van der Waals surface area contributed by atoms with Crippen LogP contribution < -0.4 is 5.73 Å². The fourth-order valence-corrected chi connectivity index (χ4v) is 3.46. The SMILES string of the molecule is CC1CCCC(N)(c2nc(-c3ccc(Cl)c(Br)c3)no2)C1. The van der Waals surface area contributed by atoms with Crippen LogP contribution in [0, 0.1) is 5.92 Å². The molecule has 2 atom stereocenters. The summed E-state index contributed by atoms with van der Waals surface area (Å²) in [5.41, 5.74) is 6.85. The fourth-order valence-electron chi connectivity index (χ4n) is 2.96. The Morgan fingerprint density at radius 2 is 2.29 bits per heavy atom. The smallest absolute Gasteiger partial charge is 0.247 e. The van der Waals surface area contributed by atoms with Gasteiger partial charge in [0.25, 0.3) is 0 Å². The van der Waals surface area contributed by atoms with Crippen molar-refractivity contribution in [3.63, 3.8) is 0 Å². The van der Waals surface area contributed by atoms with Gasteiger partial charge < -0.3 is 10.3 Å². The molecular weight excluding hydrogens is 354 g/mol. The lowest BCUT2D eigenvalue weighted by atomic mass is 9.77. The van der Waals surface area contributed by atoms with Crippen LogP contribution in [0.25, 0.3) is 11.4 Å². The number of hydrogen-bond donors (Lipinski definition) is 1. The van der Waals surface area contributed by atoms with Crippen molar-refractivity contribution in [1.82, 2.24) is 10.1 Å². The minimum absolute atomic E-state index is 0.493. The Bertz CT molecular complexity index is 660. The number of hydrogen-bond acceptors (Lipinski definition) is 4. The van der Waals surface area contributed by atoms with E-state index in [1.165, 1.54) is 6.42 Å². The van der Waals surface area contributed by atoms with Gasteiger partial charge in [0.15, 0.2) is 0 Å². The first kappa shape index (κ1) is 15.0. The minimum Gasteiger partial charge on any atom is -0.337 e. The minimum atomic E-state index is -0.493. The molecule has 0 radical (unpaired) electrons. The Kier molecular flexibility index (Phi) is 4.08. The summed E-state index contributed by atoms with van der Waals surface area (Å²) in [7, 11) is 0. The van der Waals surface area contributed by atoms with Gasteiger partial charge in [0.1, 0.15) is 0 Å². The quantitative estimate of drug-likeness (QED) is 0.844. The molecule has 112 valence electrons. The summed E-state index contributed by atoms with van der Waals surface area (Å²) in [5.74, 6) is 1.67. The average Bonchev–Trinajstić information content (AvgIpc) is 2.92. The number of halogens is 2. The number of aromatic nitrogens is 2. The van der Waals surface area contributed by atoms with E-state index in [0.29, 0.717) is 22.7 Å². The monoisotopic (exact) mass is 369 g/mol. The molecule has 1 aliphatic carbocycles. The topological polar surface area (TPSA) is 64.9 Å². The van der Waals surface area contributed by atoms with Crippen LogP contribution in [0.3, 0.4) is 0 Å². The van der Waals surface area contributed by atoms with E-state index in [4.69, 9.17) is 21.9 Å². The van der Waals surface area contributed by atoms with Crippen LogP contribution in [-0.2, 0) is 5.54 Å². The molecule has 2 aromatic rings. The van der Waals surface area contributed by atoms with E-state index in [1.807, 2.05) is 12.1 Å². The highest BCUT2D eigenvalue weighted by molar-refractivity contribution is 9.10. The molecule has 1 aromatic heterocycles. The molecule has 2 unspecified atom stereocenters. The van der Waals surface area contributed by atoms with Crippen molar-refractivity contribution in [2.45, 2.75) is 38.1 Å². The van der Waals surface area contributed by atoms with Crippen molar-refractivity contribution in [3.05, 3.63) is 33.6 Å². The highest BCUT2D eigenvalue weighted by Crippen LogP contribution is 2.37. The van der Waals surface area contributed by atoms with E-state index in [9.17, 15) is 0 Å². The summed E-state index contributed by atoms with van der Waals surface area (Å²) < 4.78 is 6.25. The van der Waals surface area contributed by atoms with E-state index < -0.39 is 5.54 Å². The predicted molar refractivity (Wildman–Crippen MR) is 85.9 cm³/mol. The number of rotatable bonds is 2. The molecule has 0 bridgehead atoms. The van der Waals surface area contributed by atoms with Crippen molar-refractivity contribution >= 4 is 27.5 Å². The van der Waals surface area contributed by atoms with Gasteiger partial charge in [-0.3, -0.25) is 0 Å². The van der Waals surface area contributed by atoms with Crippen molar-refractivity contribution in [3.8, 4) is 11.4 Å². The highest BCUT2D eigenvalue weighted by Gasteiger charge is 2.37. The van der Waals surface area contributed by atoms with E-state index >= 15 is 0 Å². The van der Waals surface area contributed by atoms with E-state index in [-0.39, 0.29) is 0 Å². The van der Waals surface area contributed by atoms with Crippen molar-refractivity contribution in [1.29, 1.82) is 0 Å². The molecule has 1 aliphatic rings. The molecule has 0 amide bonds. The summed E-state index contributed by atoms with van der Waals surface area (Å²) in [4.78, 5) is 4.51. The predicted octanol–water partition coefficient (Wildman–Crippen LogP) is 4.52. The van der Waals surface area contributed by atoms with E-state index in [1.54, 1.807) is 6.07 Å². The molecule has 1 saturated carbocycles. The zero-order valence-corrected chi connectivity index (χ0v) is 14.1. The fraction of sp³-hybridized carbons (Fsp3) is 0.467. The number of nitrogens with two attached hydrogens (primary N) is 1. The number of nitrogens with zero attached hydrogens (tertiary/aromatic N) is 2. The molecule has 1 aromatic carbocycles. The Balaban J connectivity index is 1.90. The molecule has 1 fully saturated rings. The Morgan fingerprint density at radius 1 is 1.48 bits per heavy atom. The van der Waals surface area contributed by atoms with Crippen molar-refractivity contribution in [2.24, 2.45) is 11.7 Å². The molecule has 2 N–H and O–H groups in total. The van der Waals surface area contributed by atoms with Crippen LogP contribution in [0.1, 0.15) is 38.5 Å². The summed E-state index contributed by atoms with van der Waals surface area (Å²) in [6.07, 6.45) is 4.09. The molecular formula is C15H17BrClN3O. The lowest BCUT2D eigenvalue weighted by Crippen LogP contribution is -2.41. The van der Waals surface area contributed by atoms with Gasteiger partial charge in [-0.15, -0.1) is 0 Å². The Hall–Kier alpha value is -0.910. The molecule has 4 nitrogen and oxygen atoms in total. The van der Waals surface area contributed by atoms with E-state index in [2.05, 4.69) is 33.0 Å². The standard InChI is InChI=1S/C15H17BrClN3O/c1-9-3-2-6-15(18,8-9)14-19-13(20-21-14)10-4-5-12(17)11(16)7-10/h4-5,7,9H,2-3,6,8,18H2,1H3. The largest absolute Gasteiger partial charge is 0.337 e. The molecule has 3 rings (SSSR count). The Morgan fingerprint density at radius 3 is 3.00 bits per heavy atom.